The fourth-order valence-electron chi connectivity index (χ4n) is 2.69. The van der Waals surface area contributed by atoms with Crippen molar-refractivity contribution in [3.05, 3.63) is 0 Å². The average Bonchev–Trinajstić information content (AvgIpc) is 2.34. The molecule has 0 unspecified atom stereocenters. The molecule has 2 rings (SSSR count). The zero-order valence-corrected chi connectivity index (χ0v) is 15.5. The zero-order valence-electron chi connectivity index (χ0n) is 13.2. The second-order valence-electron chi connectivity index (χ2n) is 6.68. The molecule has 5 nitrogen and oxygen atoms in total. The van der Waals surface area contributed by atoms with E-state index in [9.17, 15) is 9.59 Å². The molecule has 2 aliphatic heterocycles. The maximum Gasteiger partial charge on any atom is 0.410 e. The van der Waals surface area contributed by atoms with Gasteiger partial charge in [-0.25, -0.2) is 4.79 Å². The topological polar surface area (TPSA) is 49.9 Å². The highest BCUT2D eigenvalue weighted by atomic mass is 35.5. The predicted molar refractivity (Wildman–Crippen MR) is 88.9 cm³/mol. The third-order valence-corrected chi connectivity index (χ3v) is 4.02. The summed E-state index contributed by atoms with van der Waals surface area (Å²) in [6, 6.07) is 0. The van der Waals surface area contributed by atoms with Gasteiger partial charge >= 0.3 is 11.5 Å². The van der Waals surface area contributed by atoms with Crippen LogP contribution in [0.4, 0.5) is 9.59 Å². The molecule has 2 aliphatic rings. The minimum atomic E-state index is -0.454. The summed E-state index contributed by atoms with van der Waals surface area (Å²) in [6.07, 6.45) is 1.58. The Balaban J connectivity index is 0.000000745. The Morgan fingerprint density at radius 3 is 1.91 bits per heavy atom. The van der Waals surface area contributed by atoms with Crippen molar-refractivity contribution in [3.8, 4) is 0 Å². The van der Waals surface area contributed by atoms with Crippen molar-refractivity contribution in [2.75, 3.05) is 31.5 Å². The molecule has 0 saturated carbocycles. The Hall–Kier alpha value is -0.390. The Bertz CT molecular complexity index is 397. The van der Waals surface area contributed by atoms with Crippen LogP contribution in [0.15, 0.2) is 0 Å². The van der Waals surface area contributed by atoms with Crippen molar-refractivity contribution in [1.29, 1.82) is 0 Å². The van der Waals surface area contributed by atoms with Gasteiger partial charge in [0.1, 0.15) is 5.60 Å². The molecule has 0 aromatic carbocycles. The molecule has 1 spiro atoms. The van der Waals surface area contributed by atoms with Crippen molar-refractivity contribution < 1.29 is 14.3 Å². The van der Waals surface area contributed by atoms with Crippen LogP contribution in [0.1, 0.15) is 33.6 Å². The number of halogens is 3. The quantitative estimate of drug-likeness (QED) is 0.365. The van der Waals surface area contributed by atoms with Gasteiger partial charge in [-0.15, -0.1) is 23.2 Å². The van der Waals surface area contributed by atoms with Crippen LogP contribution in [0, 0.1) is 5.41 Å². The summed E-state index contributed by atoms with van der Waals surface area (Å²) in [4.78, 5) is 26.3. The number of carbonyl (C=O) groups is 2. The van der Waals surface area contributed by atoms with E-state index in [1.807, 2.05) is 20.8 Å². The number of nitrogens with zero attached hydrogens (tertiary/aromatic N) is 2. The summed E-state index contributed by atoms with van der Waals surface area (Å²) in [5, 5.41) is -0.180. The number of hydrogen-bond acceptors (Lipinski definition) is 3. The molecule has 2 heterocycles. The number of carbonyl (C=O) groups excluding carboxylic acids is 2. The van der Waals surface area contributed by atoms with Gasteiger partial charge in [0, 0.05) is 31.6 Å². The van der Waals surface area contributed by atoms with Gasteiger partial charge in [-0.2, -0.15) is 0 Å². The van der Waals surface area contributed by atoms with E-state index < -0.39 is 5.60 Å². The van der Waals surface area contributed by atoms with Crippen LogP contribution in [0.25, 0.3) is 0 Å². The van der Waals surface area contributed by atoms with E-state index in [4.69, 9.17) is 39.5 Å². The summed E-state index contributed by atoms with van der Waals surface area (Å²) in [7, 11) is 0. The lowest BCUT2D eigenvalue weighted by atomic mass is 9.72. The monoisotopic (exact) mass is 372 g/mol. The van der Waals surface area contributed by atoms with Crippen LogP contribution in [0.3, 0.4) is 0 Å². The van der Waals surface area contributed by atoms with E-state index in [0.717, 1.165) is 25.9 Å². The van der Waals surface area contributed by atoms with E-state index in [-0.39, 0.29) is 22.2 Å². The number of ether oxygens (including phenoxy) is 1. The highest BCUT2D eigenvalue weighted by molar-refractivity contribution is 6.62. The van der Waals surface area contributed by atoms with Crippen LogP contribution >= 0.6 is 34.8 Å². The maximum atomic E-state index is 11.9. The largest absolute Gasteiger partial charge is 0.444 e. The molecule has 0 atom stereocenters. The first-order valence-corrected chi connectivity index (χ1v) is 8.61. The normalized spacial score (nSPS) is 19.9. The molecule has 2 fully saturated rings. The average molecular weight is 374 g/mol. The zero-order chi connectivity index (χ0) is 17.0. The first kappa shape index (κ1) is 19.7. The third-order valence-electron chi connectivity index (χ3n) is 3.78. The van der Waals surface area contributed by atoms with Crippen LogP contribution in [0.2, 0.25) is 0 Å². The number of hydrogen-bond donors (Lipinski definition) is 0. The van der Waals surface area contributed by atoms with Crippen molar-refractivity contribution in [2.24, 2.45) is 5.41 Å². The molecular weight excluding hydrogens is 351 g/mol. The predicted octanol–water partition coefficient (Wildman–Crippen LogP) is 4.10. The molecule has 0 radical (unpaired) electrons. The van der Waals surface area contributed by atoms with Gasteiger partial charge < -0.3 is 14.5 Å². The first-order valence-electron chi connectivity index (χ1n) is 7.17. The van der Waals surface area contributed by atoms with Gasteiger partial charge in [0.05, 0.1) is 5.34 Å². The fraction of sp³-hybridized carbons (Fsp3) is 0.857. The Morgan fingerprint density at radius 2 is 1.55 bits per heavy atom. The van der Waals surface area contributed by atoms with Gasteiger partial charge in [0.15, 0.2) is 0 Å². The first-order chi connectivity index (χ1) is 10.1. The van der Waals surface area contributed by atoms with Crippen LogP contribution in [-0.2, 0) is 4.74 Å². The molecule has 0 N–H and O–H groups in total. The van der Waals surface area contributed by atoms with Crippen LogP contribution in [0.5, 0.6) is 0 Å². The van der Waals surface area contributed by atoms with Gasteiger partial charge in [-0.1, -0.05) is 0 Å². The molecular formula is C14H23Cl3N2O3. The SMILES string of the molecule is CC(C)(C)OC(=O)N1CCC2(CC1)CN(C(=O)Cl)C2.ClCCl. The Morgan fingerprint density at radius 1 is 1.09 bits per heavy atom. The molecule has 128 valence electrons. The molecule has 2 amide bonds. The van der Waals surface area contributed by atoms with E-state index >= 15 is 0 Å². The number of amides is 2. The molecule has 0 aromatic heterocycles. The minimum Gasteiger partial charge on any atom is -0.444 e. The van der Waals surface area contributed by atoms with Crippen LogP contribution in [-0.4, -0.2) is 58.4 Å². The summed E-state index contributed by atoms with van der Waals surface area (Å²) < 4.78 is 5.36. The highest BCUT2D eigenvalue weighted by Gasteiger charge is 2.47. The summed E-state index contributed by atoms with van der Waals surface area (Å²) in [5.41, 5.74) is -0.284. The lowest BCUT2D eigenvalue weighted by molar-refractivity contribution is -0.0283. The molecule has 0 aromatic rings. The summed E-state index contributed by atoms with van der Waals surface area (Å²) in [6.45, 7) is 8.43. The smallest absolute Gasteiger partial charge is 0.410 e. The minimum absolute atomic E-state index is 0.170. The second-order valence-corrected chi connectivity index (χ2v) is 7.81. The number of likely N-dealkylation sites (tertiary alicyclic amines) is 2. The number of rotatable bonds is 0. The maximum absolute atomic E-state index is 11.9. The van der Waals surface area contributed by atoms with E-state index in [0.29, 0.717) is 13.1 Å². The number of alkyl halides is 2. The van der Waals surface area contributed by atoms with E-state index in [2.05, 4.69) is 0 Å². The Labute approximate surface area is 146 Å². The summed E-state index contributed by atoms with van der Waals surface area (Å²) >= 11 is 15.0. The van der Waals surface area contributed by atoms with Gasteiger partial charge in [0.25, 0.3) is 0 Å². The van der Waals surface area contributed by atoms with Crippen molar-refractivity contribution >= 4 is 46.3 Å². The lowest BCUT2D eigenvalue weighted by Gasteiger charge is -2.53. The molecule has 0 aliphatic carbocycles. The van der Waals surface area contributed by atoms with Crippen molar-refractivity contribution in [3.63, 3.8) is 0 Å². The van der Waals surface area contributed by atoms with Gasteiger partial charge in [0.2, 0.25) is 0 Å². The van der Waals surface area contributed by atoms with E-state index in [1.165, 1.54) is 0 Å². The highest BCUT2D eigenvalue weighted by Crippen LogP contribution is 2.41. The molecule has 2 saturated heterocycles. The molecule has 8 heteroatoms. The second kappa shape index (κ2) is 7.93. The van der Waals surface area contributed by atoms with Crippen molar-refractivity contribution in [1.82, 2.24) is 9.80 Å². The van der Waals surface area contributed by atoms with E-state index in [1.54, 1.807) is 9.80 Å². The van der Waals surface area contributed by atoms with Crippen LogP contribution < -0.4 is 0 Å². The molecule has 22 heavy (non-hydrogen) atoms. The molecule has 0 bridgehead atoms. The fourth-order valence-corrected chi connectivity index (χ4v) is 2.81. The lowest BCUT2D eigenvalue weighted by Crippen LogP contribution is -2.61. The van der Waals surface area contributed by atoms with Gasteiger partial charge in [-0.3, -0.25) is 4.79 Å². The third kappa shape index (κ3) is 5.67. The van der Waals surface area contributed by atoms with Gasteiger partial charge in [-0.05, 0) is 45.2 Å². The summed E-state index contributed by atoms with van der Waals surface area (Å²) in [5.74, 6) is 0. The van der Waals surface area contributed by atoms with Crippen molar-refractivity contribution in [2.45, 2.75) is 39.2 Å². The Kier molecular flexibility index (Phi) is 7.09. The standard InChI is InChI=1S/C13H21ClN2O3.CH2Cl2/c1-12(2,3)19-11(18)15-6-4-13(5-7-15)8-16(9-13)10(14)17;2-1-3/h4-9H2,1-3H3;1H2. The number of piperidine rings is 1.